The number of nitrogens with one attached hydrogen (secondary N) is 1. The maximum absolute atomic E-state index is 11.3. The van der Waals surface area contributed by atoms with E-state index in [1.165, 1.54) is 0 Å². The molecule has 78 valence electrons. The molecule has 0 spiro atoms. The highest BCUT2D eigenvalue weighted by molar-refractivity contribution is 9.09. The first-order chi connectivity index (χ1) is 6.17. The van der Waals surface area contributed by atoms with Crippen molar-refractivity contribution in [2.24, 2.45) is 0 Å². The van der Waals surface area contributed by atoms with Gasteiger partial charge in [-0.1, -0.05) is 22.4 Å². The topological polar surface area (TPSA) is 46.2 Å². The molecule has 0 bridgehead atoms. The van der Waals surface area contributed by atoms with Crippen LogP contribution in [0.4, 0.5) is 0 Å². The van der Waals surface area contributed by atoms with Crippen LogP contribution in [0.5, 0.6) is 0 Å². The summed E-state index contributed by atoms with van der Waals surface area (Å²) in [5.41, 5.74) is 0. The van der Waals surface area contributed by atoms with Crippen LogP contribution in [0.1, 0.15) is 32.1 Å². The van der Waals surface area contributed by atoms with Gasteiger partial charge >= 0.3 is 0 Å². The number of rotatable bonds is 7. The monoisotopic (exact) mass is 269 g/mol. The number of unbranched alkanes of at least 4 members (excludes halogenated alkanes) is 2. The van der Waals surface area contributed by atoms with Gasteiger partial charge in [-0.05, 0) is 25.7 Å². The lowest BCUT2D eigenvalue weighted by molar-refractivity contribution is 0.575. The fraction of sp³-hybridized carbons (Fsp3) is 1.00. The minimum Gasteiger partial charge on any atom is -0.215 e. The highest BCUT2D eigenvalue weighted by atomic mass is 79.9. The Morgan fingerprint density at radius 3 is 2.46 bits per heavy atom. The third-order valence-corrected chi connectivity index (χ3v) is 4.59. The molecule has 0 saturated heterocycles. The third-order valence-electron chi connectivity index (χ3n) is 2.08. The lowest BCUT2D eigenvalue weighted by atomic mass is 10.3. The van der Waals surface area contributed by atoms with Gasteiger partial charge in [-0.25, -0.2) is 13.1 Å². The maximum atomic E-state index is 11.3. The van der Waals surface area contributed by atoms with Gasteiger partial charge < -0.3 is 0 Å². The van der Waals surface area contributed by atoms with Gasteiger partial charge in [0, 0.05) is 11.9 Å². The van der Waals surface area contributed by atoms with E-state index in [4.69, 9.17) is 0 Å². The van der Waals surface area contributed by atoms with Gasteiger partial charge in [-0.3, -0.25) is 0 Å². The van der Waals surface area contributed by atoms with Crippen LogP contribution >= 0.6 is 15.9 Å². The summed E-state index contributed by atoms with van der Waals surface area (Å²) in [6.45, 7) is 0.603. The predicted octanol–water partition coefficient (Wildman–Crippen LogP) is 1.63. The highest BCUT2D eigenvalue weighted by Crippen LogP contribution is 2.27. The van der Waals surface area contributed by atoms with Crippen LogP contribution in [-0.4, -0.2) is 25.5 Å². The van der Waals surface area contributed by atoms with E-state index >= 15 is 0 Å². The molecular weight excluding hydrogens is 254 g/mol. The molecule has 1 saturated carbocycles. The summed E-state index contributed by atoms with van der Waals surface area (Å²) < 4.78 is 25.2. The standard InChI is InChI=1S/C8H16BrNO2S/c9-6-2-1-3-7-10-13(11,12)8-4-5-8/h8,10H,1-7H2. The SMILES string of the molecule is O=S(=O)(NCCCCCBr)C1CC1. The second kappa shape index (κ2) is 5.32. The Morgan fingerprint density at radius 1 is 1.23 bits per heavy atom. The molecule has 1 N–H and O–H groups in total. The molecule has 1 aliphatic rings. The van der Waals surface area contributed by atoms with Gasteiger partial charge in [0.1, 0.15) is 0 Å². The van der Waals surface area contributed by atoms with E-state index in [-0.39, 0.29) is 5.25 Å². The van der Waals surface area contributed by atoms with Gasteiger partial charge in [-0.2, -0.15) is 0 Å². The van der Waals surface area contributed by atoms with Crippen molar-refractivity contribution in [1.82, 2.24) is 4.72 Å². The maximum Gasteiger partial charge on any atom is 0.214 e. The van der Waals surface area contributed by atoms with E-state index in [0.29, 0.717) is 6.54 Å². The molecule has 0 heterocycles. The molecule has 13 heavy (non-hydrogen) atoms. The molecular formula is C8H16BrNO2S. The largest absolute Gasteiger partial charge is 0.215 e. The van der Waals surface area contributed by atoms with Crippen molar-refractivity contribution in [3.8, 4) is 0 Å². The van der Waals surface area contributed by atoms with Gasteiger partial charge in [-0.15, -0.1) is 0 Å². The number of alkyl halides is 1. The molecule has 0 aromatic carbocycles. The van der Waals surface area contributed by atoms with Crippen LogP contribution < -0.4 is 4.72 Å². The number of halogens is 1. The van der Waals surface area contributed by atoms with Crippen LogP contribution in [-0.2, 0) is 10.0 Å². The quantitative estimate of drug-likeness (QED) is 0.564. The van der Waals surface area contributed by atoms with E-state index in [2.05, 4.69) is 20.7 Å². The molecule has 0 atom stereocenters. The van der Waals surface area contributed by atoms with Gasteiger partial charge in [0.15, 0.2) is 0 Å². The Bertz CT molecular complexity index is 237. The molecule has 0 aromatic heterocycles. The van der Waals surface area contributed by atoms with Crippen LogP contribution in [0.2, 0.25) is 0 Å². The summed E-state index contributed by atoms with van der Waals surface area (Å²) in [6.07, 6.45) is 4.83. The van der Waals surface area contributed by atoms with Crippen molar-refractivity contribution in [1.29, 1.82) is 0 Å². The third kappa shape index (κ3) is 4.42. The van der Waals surface area contributed by atoms with Gasteiger partial charge in [0.05, 0.1) is 5.25 Å². The lowest BCUT2D eigenvalue weighted by Gasteiger charge is -2.03. The molecule has 0 unspecified atom stereocenters. The fourth-order valence-corrected chi connectivity index (χ4v) is 2.92. The van der Waals surface area contributed by atoms with Gasteiger partial charge in [0.25, 0.3) is 0 Å². The van der Waals surface area contributed by atoms with Crippen molar-refractivity contribution in [2.45, 2.75) is 37.4 Å². The molecule has 5 heteroatoms. The average Bonchev–Trinajstić information content (AvgIpc) is 2.86. The summed E-state index contributed by atoms with van der Waals surface area (Å²) in [5.74, 6) is 0. The summed E-state index contributed by atoms with van der Waals surface area (Å²) >= 11 is 3.34. The van der Waals surface area contributed by atoms with Crippen LogP contribution in [0, 0.1) is 0 Å². The Balaban J connectivity index is 2.04. The Kier molecular flexibility index (Phi) is 4.69. The van der Waals surface area contributed by atoms with E-state index in [1.807, 2.05) is 0 Å². The number of hydrogen-bond donors (Lipinski definition) is 1. The molecule has 1 rings (SSSR count). The van der Waals surface area contributed by atoms with Crippen LogP contribution in [0.15, 0.2) is 0 Å². The molecule has 0 amide bonds. The normalized spacial score (nSPS) is 17.6. The smallest absolute Gasteiger partial charge is 0.214 e. The molecule has 1 aliphatic carbocycles. The van der Waals surface area contributed by atoms with Crippen molar-refractivity contribution < 1.29 is 8.42 Å². The molecule has 0 aliphatic heterocycles. The second-order valence-electron chi connectivity index (χ2n) is 3.39. The van der Waals surface area contributed by atoms with Crippen molar-refractivity contribution in [3.63, 3.8) is 0 Å². The van der Waals surface area contributed by atoms with Crippen molar-refractivity contribution in [3.05, 3.63) is 0 Å². The minimum atomic E-state index is -2.94. The summed E-state index contributed by atoms with van der Waals surface area (Å²) in [5, 5.41) is 0.922. The molecule has 1 fully saturated rings. The lowest BCUT2D eigenvalue weighted by Crippen LogP contribution is -2.28. The first-order valence-corrected chi connectivity index (χ1v) is 7.38. The van der Waals surface area contributed by atoms with E-state index < -0.39 is 10.0 Å². The Hall–Kier alpha value is 0.390. The Morgan fingerprint density at radius 2 is 1.92 bits per heavy atom. The highest BCUT2D eigenvalue weighted by Gasteiger charge is 2.34. The predicted molar refractivity (Wildman–Crippen MR) is 57.6 cm³/mol. The van der Waals surface area contributed by atoms with Gasteiger partial charge in [0.2, 0.25) is 10.0 Å². The summed E-state index contributed by atoms with van der Waals surface area (Å²) in [7, 11) is -2.94. The molecule has 3 nitrogen and oxygen atoms in total. The first-order valence-electron chi connectivity index (χ1n) is 4.71. The van der Waals surface area contributed by atoms with Crippen molar-refractivity contribution in [2.75, 3.05) is 11.9 Å². The molecule has 0 aromatic rings. The van der Waals surface area contributed by atoms with Crippen LogP contribution in [0.25, 0.3) is 0 Å². The van der Waals surface area contributed by atoms with Crippen LogP contribution in [0.3, 0.4) is 0 Å². The van der Waals surface area contributed by atoms with E-state index in [1.54, 1.807) is 0 Å². The first kappa shape index (κ1) is 11.5. The van der Waals surface area contributed by atoms with E-state index in [0.717, 1.165) is 37.4 Å². The zero-order chi connectivity index (χ0) is 9.73. The molecule has 0 radical (unpaired) electrons. The summed E-state index contributed by atoms with van der Waals surface area (Å²) in [4.78, 5) is 0. The average molecular weight is 270 g/mol. The van der Waals surface area contributed by atoms with E-state index in [9.17, 15) is 8.42 Å². The number of hydrogen-bond acceptors (Lipinski definition) is 2. The Labute approximate surface area is 88.5 Å². The summed E-state index contributed by atoms with van der Waals surface area (Å²) in [6, 6.07) is 0. The second-order valence-corrected chi connectivity index (χ2v) is 6.23. The fourth-order valence-electron chi connectivity index (χ4n) is 1.11. The zero-order valence-electron chi connectivity index (χ0n) is 7.63. The van der Waals surface area contributed by atoms with Crippen molar-refractivity contribution >= 4 is 26.0 Å². The zero-order valence-corrected chi connectivity index (χ0v) is 10.0. The minimum absolute atomic E-state index is 0.0799. The number of sulfonamides is 1.